The van der Waals surface area contributed by atoms with Crippen LogP contribution in [0.5, 0.6) is 0 Å². The molecule has 1 aromatic rings. The summed E-state index contributed by atoms with van der Waals surface area (Å²) in [7, 11) is 3.14. The van der Waals surface area contributed by atoms with Crippen LogP contribution in [0.3, 0.4) is 0 Å². The molecule has 1 unspecified atom stereocenters. The van der Waals surface area contributed by atoms with Crippen LogP contribution in [-0.4, -0.2) is 28.8 Å². The van der Waals surface area contributed by atoms with Gasteiger partial charge in [-0.2, -0.15) is 13.9 Å². The smallest absolute Gasteiger partial charge is 0.288 e. The molecule has 0 aromatic carbocycles. The second kappa shape index (κ2) is 14.1. The van der Waals surface area contributed by atoms with Gasteiger partial charge in [0.1, 0.15) is 17.1 Å². The van der Waals surface area contributed by atoms with Crippen molar-refractivity contribution in [3.63, 3.8) is 0 Å². The Balaban J connectivity index is 3.27. The third-order valence-electron chi connectivity index (χ3n) is 5.31. The van der Waals surface area contributed by atoms with Crippen LogP contribution in [-0.2, 0) is 17.7 Å². The van der Waals surface area contributed by atoms with E-state index in [-0.39, 0.29) is 11.7 Å². The Morgan fingerprint density at radius 2 is 2.00 bits per heavy atom. The quantitative estimate of drug-likeness (QED) is 0.236. The van der Waals surface area contributed by atoms with Crippen molar-refractivity contribution in [2.24, 2.45) is 7.05 Å². The lowest BCUT2D eigenvalue weighted by atomic mass is 10.1. The highest BCUT2D eigenvalue weighted by Crippen LogP contribution is 2.37. The molecule has 0 spiro atoms. The molecule has 0 radical (unpaired) electrons. The molecule has 8 heteroatoms. The number of aryl methyl sites for hydroxylation is 1. The molecule has 1 amide bonds. The number of nitrogens with zero attached hydrogens (tertiary/aromatic N) is 2. The van der Waals surface area contributed by atoms with E-state index in [1.807, 2.05) is 51.2 Å². The highest BCUT2D eigenvalue weighted by Gasteiger charge is 2.30. The number of ether oxygens (including phenoxy) is 1. The number of rotatable bonds is 12. The molecule has 35 heavy (non-hydrogen) atoms. The van der Waals surface area contributed by atoms with Gasteiger partial charge in [0, 0.05) is 23.8 Å². The number of hydrogen-bond donors (Lipinski definition) is 1. The van der Waals surface area contributed by atoms with E-state index in [4.69, 9.17) is 4.74 Å². The van der Waals surface area contributed by atoms with E-state index in [0.29, 0.717) is 0 Å². The van der Waals surface area contributed by atoms with E-state index in [1.54, 1.807) is 18.9 Å². The second-order valence-corrected chi connectivity index (χ2v) is 9.28. The number of alkyl halides is 2. The minimum atomic E-state index is -3.12. The van der Waals surface area contributed by atoms with Gasteiger partial charge in [-0.15, -0.1) is 0 Å². The summed E-state index contributed by atoms with van der Waals surface area (Å²) in [6.07, 6.45) is 11.7. The zero-order valence-corrected chi connectivity index (χ0v) is 23.1. The van der Waals surface area contributed by atoms with Crippen LogP contribution in [0.2, 0.25) is 0 Å². The highest BCUT2D eigenvalue weighted by molar-refractivity contribution is 8.07. The summed E-state index contributed by atoms with van der Waals surface area (Å²) in [5.74, 6) is -2.80. The van der Waals surface area contributed by atoms with E-state index >= 15 is 0 Å². The number of carbonyl (C=O) groups excluding carboxylic acids is 1. The van der Waals surface area contributed by atoms with Gasteiger partial charge in [-0.1, -0.05) is 49.4 Å². The standard InChI is InChI=1S/C27H39F2N3O2S/c1-10-14-20(16-21(34-9)15-11-2)25(18(5)12-3)35-23(13-4)19(6)30-26(33)22-17-24(27(7,28)29)31-32(22)8/h10,13-17,19H,11-12H2,1-9H3,(H,30,33)/b14-10-,20-16+,21-15-,23-13-,25-18?. The molecule has 0 fully saturated rings. The number of aromatic nitrogens is 2. The van der Waals surface area contributed by atoms with Gasteiger partial charge in [-0.25, -0.2) is 0 Å². The average molecular weight is 508 g/mol. The molecule has 1 atom stereocenters. The molecule has 0 saturated heterocycles. The average Bonchev–Trinajstić information content (AvgIpc) is 3.21. The maximum absolute atomic E-state index is 13.7. The van der Waals surface area contributed by atoms with Crippen LogP contribution in [0.15, 0.2) is 63.2 Å². The third-order valence-corrected chi connectivity index (χ3v) is 6.92. The molecule has 194 valence electrons. The first-order valence-corrected chi connectivity index (χ1v) is 12.6. The lowest BCUT2D eigenvalue weighted by Gasteiger charge is -2.21. The van der Waals surface area contributed by atoms with Crippen molar-refractivity contribution in [2.45, 2.75) is 73.3 Å². The van der Waals surface area contributed by atoms with Gasteiger partial charge in [0.05, 0.1) is 13.2 Å². The first kappa shape index (κ1) is 30.4. The summed E-state index contributed by atoms with van der Waals surface area (Å²) in [4.78, 5) is 14.9. The molecular weight excluding hydrogens is 468 g/mol. The van der Waals surface area contributed by atoms with Crippen molar-refractivity contribution in [1.82, 2.24) is 15.1 Å². The molecule has 1 rings (SSSR count). The number of halogens is 2. The second-order valence-electron chi connectivity index (χ2n) is 8.20. The normalized spacial score (nSPS) is 15.3. The Morgan fingerprint density at radius 3 is 2.46 bits per heavy atom. The summed E-state index contributed by atoms with van der Waals surface area (Å²) >= 11 is 1.58. The summed E-state index contributed by atoms with van der Waals surface area (Å²) < 4.78 is 34.0. The molecular formula is C27H39F2N3O2S. The van der Waals surface area contributed by atoms with E-state index in [9.17, 15) is 13.6 Å². The Hall–Kier alpha value is -2.61. The van der Waals surface area contributed by atoms with Crippen molar-refractivity contribution >= 4 is 17.7 Å². The van der Waals surface area contributed by atoms with Crippen LogP contribution in [0.25, 0.3) is 0 Å². The largest absolute Gasteiger partial charge is 0.497 e. The van der Waals surface area contributed by atoms with Crippen LogP contribution in [0, 0.1) is 0 Å². The van der Waals surface area contributed by atoms with Crippen molar-refractivity contribution in [3.05, 3.63) is 74.5 Å². The zero-order chi connectivity index (χ0) is 26.8. The monoisotopic (exact) mass is 507 g/mol. The molecule has 5 nitrogen and oxygen atoms in total. The fourth-order valence-corrected chi connectivity index (χ4v) is 4.38. The number of thioether (sulfide) groups is 1. The number of amides is 1. The minimum Gasteiger partial charge on any atom is -0.497 e. The maximum Gasteiger partial charge on any atom is 0.288 e. The van der Waals surface area contributed by atoms with Crippen LogP contribution in [0.1, 0.15) is 77.5 Å². The number of nitrogens with one attached hydrogen (secondary N) is 1. The van der Waals surface area contributed by atoms with Gasteiger partial charge in [-0.3, -0.25) is 9.48 Å². The zero-order valence-electron chi connectivity index (χ0n) is 22.3. The summed E-state index contributed by atoms with van der Waals surface area (Å²) in [6.45, 7) is 12.8. The van der Waals surface area contributed by atoms with Gasteiger partial charge in [0.2, 0.25) is 0 Å². The number of carbonyl (C=O) groups is 1. The van der Waals surface area contributed by atoms with Crippen LogP contribution in [0.4, 0.5) is 8.78 Å². The maximum atomic E-state index is 13.7. The summed E-state index contributed by atoms with van der Waals surface area (Å²) in [6, 6.07) is 0.786. The molecule has 0 bridgehead atoms. The summed E-state index contributed by atoms with van der Waals surface area (Å²) in [5, 5.41) is 6.73. The van der Waals surface area contributed by atoms with Gasteiger partial charge >= 0.3 is 0 Å². The highest BCUT2D eigenvalue weighted by atomic mass is 32.2. The lowest BCUT2D eigenvalue weighted by Crippen LogP contribution is -2.34. The van der Waals surface area contributed by atoms with Crippen molar-refractivity contribution < 1.29 is 18.3 Å². The molecule has 0 aliphatic heterocycles. The number of methoxy groups -OCH3 is 1. The van der Waals surface area contributed by atoms with E-state index < -0.39 is 17.5 Å². The predicted octanol–water partition coefficient (Wildman–Crippen LogP) is 7.41. The van der Waals surface area contributed by atoms with Crippen LogP contribution < -0.4 is 5.32 Å². The molecule has 1 aromatic heterocycles. The fourth-order valence-electron chi connectivity index (χ4n) is 3.23. The Labute approximate surface area is 213 Å². The Kier molecular flexibility index (Phi) is 12.2. The first-order valence-electron chi connectivity index (χ1n) is 11.8. The molecule has 1 heterocycles. The Bertz CT molecular complexity index is 1030. The third kappa shape index (κ3) is 8.84. The van der Waals surface area contributed by atoms with Crippen molar-refractivity contribution in [3.8, 4) is 0 Å². The summed E-state index contributed by atoms with van der Waals surface area (Å²) in [5.41, 5.74) is 1.86. The number of hydrogen-bond acceptors (Lipinski definition) is 4. The van der Waals surface area contributed by atoms with E-state index in [1.165, 1.54) is 17.3 Å². The Morgan fingerprint density at radius 1 is 1.34 bits per heavy atom. The minimum absolute atomic E-state index is 0.0817. The van der Waals surface area contributed by atoms with Crippen molar-refractivity contribution in [1.29, 1.82) is 0 Å². The molecule has 0 aliphatic carbocycles. The molecule has 0 saturated carbocycles. The molecule has 1 N–H and O–H groups in total. The van der Waals surface area contributed by atoms with Gasteiger partial charge in [-0.05, 0) is 64.3 Å². The lowest BCUT2D eigenvalue weighted by molar-refractivity contribution is 0.0122. The van der Waals surface area contributed by atoms with Crippen LogP contribution >= 0.6 is 11.8 Å². The topological polar surface area (TPSA) is 56.1 Å². The first-order chi connectivity index (χ1) is 16.4. The fraction of sp³-hybridized carbons (Fsp3) is 0.481. The van der Waals surface area contributed by atoms with Gasteiger partial charge in [0.15, 0.2) is 0 Å². The predicted molar refractivity (Wildman–Crippen MR) is 142 cm³/mol. The van der Waals surface area contributed by atoms with Gasteiger partial charge in [0.25, 0.3) is 11.8 Å². The van der Waals surface area contributed by atoms with E-state index in [0.717, 1.165) is 47.0 Å². The van der Waals surface area contributed by atoms with Gasteiger partial charge < -0.3 is 10.1 Å². The molecule has 0 aliphatic rings. The van der Waals surface area contributed by atoms with E-state index in [2.05, 4.69) is 31.2 Å². The van der Waals surface area contributed by atoms with Crippen molar-refractivity contribution in [2.75, 3.05) is 7.11 Å². The number of allylic oxidation sites excluding steroid dienone is 7. The SMILES string of the molecule is C\C=C/C(=C\C(=C\CC)OC)C(S/C(=C\C)C(C)NC(=O)c1cc(C(C)(F)F)nn1C)=C(C)CC.